The molecular formula is C82H104N14O27. The second-order valence-electron chi connectivity index (χ2n) is 31.4. The Morgan fingerprint density at radius 2 is 1.06 bits per heavy atom. The largest absolute Gasteiger partial charge is 0.508 e. The third kappa shape index (κ3) is 27.2. The third-order valence-electron chi connectivity index (χ3n) is 19.4. The number of aliphatic imine (C=N–C) groups is 9. The molecule has 664 valence electrons. The van der Waals surface area contributed by atoms with E-state index in [9.17, 15) is 120 Å². The molecule has 3 unspecified atom stereocenters. The molecule has 8 rings (SSSR count). The van der Waals surface area contributed by atoms with Crippen molar-refractivity contribution in [2.45, 2.75) is 216 Å². The fraction of sp³-hybridized carbons (Fsp3) is 0.451. The first-order valence-corrected chi connectivity index (χ1v) is 38.7. The van der Waals surface area contributed by atoms with E-state index in [0.717, 1.165) is 49.2 Å². The molecule has 1 saturated heterocycles. The number of para-hydroxylation sites is 2. The summed E-state index contributed by atoms with van der Waals surface area (Å²) in [4.78, 5) is 147. The minimum absolute atomic E-state index is 0.0178. The van der Waals surface area contributed by atoms with Crippen LogP contribution in [0.2, 0.25) is 0 Å². The van der Waals surface area contributed by atoms with Crippen molar-refractivity contribution in [1.29, 1.82) is 0 Å². The van der Waals surface area contributed by atoms with E-state index in [1.165, 1.54) is 18.0 Å². The monoisotopic (exact) mass is 1720 g/mol. The second kappa shape index (κ2) is 42.6. The van der Waals surface area contributed by atoms with Gasteiger partial charge in [0, 0.05) is 47.0 Å². The van der Waals surface area contributed by atoms with Crippen LogP contribution in [0.3, 0.4) is 0 Å². The number of carbonyl (C=O) groups excluding carboxylic acids is 4. The molecule has 23 N–H and O–H groups in total. The van der Waals surface area contributed by atoms with Crippen LogP contribution >= 0.6 is 0 Å². The van der Waals surface area contributed by atoms with Crippen molar-refractivity contribution in [1.82, 2.24) is 20.6 Å². The highest BCUT2D eigenvalue weighted by Gasteiger charge is 2.46. The standard InChI is InChI=1S/C67H80N14O26.C15H24O/c1-4-9-44-55(107-44)66(104)77-43(27-82)61(99)80-51-29(3)106-67(105)42(20-32-25-70-37-13-8-6-11-35(32)37)76-62(100)50(28(2)18-46(85)86)79-65(103)53(54(93)56(68)94)78-45(84)26-71-57(95)39(21-47(87)88)75-64(102)52(30-14-16-33(83)17-15-30)81-60(98)41(23-49(91)92)73-59(97)40(22-48(89)90)72-58(96)38(74-63(51)101)19-31-24-69-36-12-7-5-10-34(31)36;1-10-8-11(14(2,3)4)13(16)12(9-10)15(5,6)7/h5-8,10-17,24-25,28-29,38-44,50-55,69-70,82-83,93H,4,9,18-23,26-27H2,1-3H3,(H2,68,94)(H,71,95)(H,72,96)(H,73,97)(H,74,101)(H,75,102)(H,76,100)(H,77,104)(H,78,84)(H,79,103)(H,80,99)(H,81,98)(H,85,86)(H,87,88)(H,89,90)(H,91,92);8-9,16H,1-7H3/t28-,29?,38+,39-,40-,41-,42-,43-,44?,50-,51-,52+,53+,54-,55?;/m0./s1. The number of hydrogen-bond donors (Lipinski definition) is 22. The van der Waals surface area contributed by atoms with E-state index in [1.54, 1.807) is 48.5 Å². The number of carboxylic acids is 4. The van der Waals surface area contributed by atoms with Crippen LogP contribution in [0.4, 0.5) is 0 Å². The molecule has 2 aliphatic rings. The van der Waals surface area contributed by atoms with Gasteiger partial charge in [-0.15, -0.1) is 0 Å². The second-order valence-corrected chi connectivity index (χ2v) is 31.4. The summed E-state index contributed by atoms with van der Waals surface area (Å²) in [6, 6.07) is -0.553. The van der Waals surface area contributed by atoms with Crippen molar-refractivity contribution >= 4 is 122 Å². The Morgan fingerprint density at radius 1 is 0.585 bits per heavy atom. The first kappa shape index (κ1) is 96.6. The van der Waals surface area contributed by atoms with Gasteiger partial charge < -0.3 is 123 Å². The van der Waals surface area contributed by atoms with Crippen molar-refractivity contribution in [2.24, 2.45) is 56.6 Å². The Kier molecular flexibility index (Phi) is 33.4. The van der Waals surface area contributed by atoms with E-state index in [4.69, 9.17) is 15.2 Å². The van der Waals surface area contributed by atoms with Crippen molar-refractivity contribution < 1.29 is 135 Å². The fourth-order valence-corrected chi connectivity index (χ4v) is 13.0. The molecule has 0 aliphatic carbocycles. The fourth-order valence-electron chi connectivity index (χ4n) is 13.0. The van der Waals surface area contributed by atoms with E-state index < -0.39 is 249 Å². The number of rotatable bonds is 23. The summed E-state index contributed by atoms with van der Waals surface area (Å²) in [6.07, 6.45) is -8.43. The summed E-state index contributed by atoms with van der Waals surface area (Å²) in [6.45, 7) is 16.5. The number of fused-ring (bicyclic) bond motifs is 2. The lowest BCUT2D eigenvalue weighted by Crippen LogP contribution is -2.57. The van der Waals surface area contributed by atoms with Gasteiger partial charge in [-0.1, -0.05) is 128 Å². The highest BCUT2D eigenvalue weighted by Crippen LogP contribution is 2.40. The highest BCUT2D eigenvalue weighted by atomic mass is 16.6. The number of cyclic esters (lactones) is 1. The lowest BCUT2D eigenvalue weighted by molar-refractivity contribution is -0.151. The maximum atomic E-state index is 15.1. The molecule has 2 aromatic heterocycles. The van der Waals surface area contributed by atoms with Crippen molar-refractivity contribution in [3.63, 3.8) is 0 Å². The zero-order chi connectivity index (χ0) is 91.4. The van der Waals surface area contributed by atoms with Gasteiger partial charge in [-0.25, -0.2) is 49.7 Å². The van der Waals surface area contributed by atoms with Crippen molar-refractivity contribution in [3.8, 4) is 11.5 Å². The number of phenols is 2. The number of aromatic hydroxyl groups is 2. The number of aliphatic hydroxyl groups is 11. The zero-order valence-corrected chi connectivity index (χ0v) is 68.8. The molecule has 2 aliphatic heterocycles. The molecule has 1 fully saturated rings. The van der Waals surface area contributed by atoms with Gasteiger partial charge in [0.15, 0.2) is 30.3 Å². The maximum absolute atomic E-state index is 15.1. The third-order valence-corrected chi connectivity index (χ3v) is 19.4. The smallest absolute Gasteiger partial charge is 0.331 e. The number of ether oxygens (including phenoxy) is 2. The zero-order valence-electron chi connectivity index (χ0n) is 68.8. The molecule has 123 heavy (non-hydrogen) atoms. The van der Waals surface area contributed by atoms with Gasteiger partial charge in [0.05, 0.1) is 38.4 Å². The number of carboxylic acid groups (broad SMARTS) is 4. The number of aliphatic carboxylic acids is 4. The van der Waals surface area contributed by atoms with Gasteiger partial charge in [0.1, 0.15) is 66.4 Å². The molecule has 0 saturated carbocycles. The van der Waals surface area contributed by atoms with Gasteiger partial charge in [0.25, 0.3) is 5.91 Å². The number of esters is 1. The van der Waals surface area contributed by atoms with Crippen LogP contribution in [-0.2, 0) is 71.5 Å². The lowest BCUT2D eigenvalue weighted by atomic mass is 9.78. The van der Waals surface area contributed by atoms with E-state index in [1.807, 2.05) is 6.92 Å². The van der Waals surface area contributed by atoms with Gasteiger partial charge in [-0.2, -0.15) is 0 Å². The number of hydrogen-bond acceptors (Lipinski definition) is 23. The summed E-state index contributed by atoms with van der Waals surface area (Å²) < 4.78 is 11.4. The summed E-state index contributed by atoms with van der Waals surface area (Å²) in [5, 5.41) is 194. The Bertz CT molecular complexity index is 5080. The summed E-state index contributed by atoms with van der Waals surface area (Å²) in [5.74, 6) is -26.1. The summed E-state index contributed by atoms with van der Waals surface area (Å²) in [7, 11) is 0. The highest BCUT2D eigenvalue weighted by molar-refractivity contribution is 5.99. The summed E-state index contributed by atoms with van der Waals surface area (Å²) in [5.41, 5.74) is 9.90. The number of H-pyrrole nitrogens is 2. The van der Waals surface area contributed by atoms with Crippen LogP contribution in [0.15, 0.2) is 142 Å². The number of nitrogens with one attached hydrogen (secondary N) is 4. The number of nitrogens with zero attached hydrogens (tertiary/aromatic N) is 9. The van der Waals surface area contributed by atoms with Gasteiger partial charge in [0.2, 0.25) is 64.9 Å². The molecule has 6 aromatic rings. The predicted octanol–water partition coefficient (Wildman–Crippen LogP) is 6.22. The van der Waals surface area contributed by atoms with E-state index in [2.05, 4.69) is 126 Å². The van der Waals surface area contributed by atoms with Crippen molar-refractivity contribution in [2.75, 3.05) is 13.2 Å². The molecule has 3 amide bonds. The molecule has 4 heterocycles. The number of benzene rings is 4. The molecule has 0 bridgehead atoms. The van der Waals surface area contributed by atoms with Crippen molar-refractivity contribution in [3.05, 3.63) is 131 Å². The molecule has 15 atom stereocenters. The van der Waals surface area contributed by atoms with Gasteiger partial charge in [-0.05, 0) is 89.1 Å². The molecule has 41 nitrogen and oxygen atoms in total. The number of aromatic nitrogens is 2. The summed E-state index contributed by atoms with van der Waals surface area (Å²) >= 11 is 0. The number of nitrogens with two attached hydrogens (primary N) is 1. The number of epoxide rings is 1. The number of aliphatic hydroxyl groups excluding tert-OH is 11. The van der Waals surface area contributed by atoms with E-state index in [-0.39, 0.29) is 27.5 Å². The minimum atomic E-state index is -2.69. The Balaban J connectivity index is 0.00000116. The first-order chi connectivity index (χ1) is 57.7. The van der Waals surface area contributed by atoms with E-state index in [0.29, 0.717) is 40.4 Å². The molecular weight excluding hydrogens is 1610 g/mol. The lowest BCUT2D eigenvalue weighted by Gasteiger charge is -2.28. The first-order valence-electron chi connectivity index (χ1n) is 38.7. The topological polar surface area (TPSA) is 695 Å². The van der Waals surface area contributed by atoms with Crippen LogP contribution in [0.25, 0.3) is 21.8 Å². The SMILES string of the molecule is CCCC1OC1C(=O)N[C@@H](CO)C(=O)N[C@@H]1C(O)=N[C@H](Cc2c[nH]c3ccccc23)C(O)=N[C@@H](CC(=O)O)C(O)=N[C@@H](CC(=O)O)C(O)=N[C@H](c2ccc(O)cc2)C(O)=N[C@@H](CC(=O)O)C(O)=NCC(O)=N[C@H]([C@H](O)C(N)=O)C(O)=N[C@@H]([C@@H](C)CC(=O)O)C(O)=N[C@@H](Cc2c[nH]c3ccccc23)C(=O)OC1C.Cc1cc(C(C)(C)C)c(O)c(C(C)(C)C)c1. The average molecular weight is 1720 g/mol. The Hall–Kier alpha value is -13.6. The normalized spacial score (nSPS) is 22.9. The minimum Gasteiger partial charge on any atom is -0.508 e. The number of primary amides is 1. The van der Waals surface area contributed by atoms with Gasteiger partial charge in [-0.3, -0.25) is 33.6 Å². The Morgan fingerprint density at radius 3 is 1.55 bits per heavy atom. The van der Waals surface area contributed by atoms with Crippen LogP contribution in [-0.4, -0.2) is 289 Å². The van der Waals surface area contributed by atoms with Crippen LogP contribution in [0, 0.1) is 12.8 Å². The number of carbonyl (C=O) groups is 8. The number of aromatic amines is 2. The number of aryl methyl sites for hydroxylation is 1. The molecule has 41 heteroatoms. The van der Waals surface area contributed by atoms with Crippen LogP contribution in [0.1, 0.15) is 140 Å². The maximum Gasteiger partial charge on any atom is 0.331 e. The number of phenolic OH excluding ortho intramolecular Hbond substituents is 2. The van der Waals surface area contributed by atoms with Crippen LogP contribution < -0.4 is 16.4 Å². The Labute approximate surface area is 703 Å². The average Bonchev–Trinajstić information content (AvgIpc) is 1.62. The van der Waals surface area contributed by atoms with Gasteiger partial charge >= 0.3 is 29.8 Å². The quantitative estimate of drug-likeness (QED) is 0.0250. The van der Waals surface area contributed by atoms with E-state index >= 15 is 4.79 Å². The predicted molar refractivity (Wildman–Crippen MR) is 451 cm³/mol. The number of amides is 3. The molecule has 4 aromatic carbocycles. The molecule has 0 spiro atoms. The molecule has 0 radical (unpaired) electrons. The van der Waals surface area contributed by atoms with Crippen LogP contribution in [0.5, 0.6) is 11.5 Å².